The van der Waals surface area contributed by atoms with E-state index in [1.807, 2.05) is 6.08 Å². The molecule has 1 aliphatic rings. The van der Waals surface area contributed by atoms with Gasteiger partial charge < -0.3 is 4.74 Å². The molecule has 1 rings (SSSR count). The second kappa shape index (κ2) is 5.14. The van der Waals surface area contributed by atoms with Crippen molar-refractivity contribution >= 4 is 5.78 Å². The third-order valence-electron chi connectivity index (χ3n) is 2.35. The number of carbonyl (C=O) groups excluding carboxylic acids is 1. The summed E-state index contributed by atoms with van der Waals surface area (Å²) in [5, 5.41) is 0. The molecule has 0 spiro atoms. The van der Waals surface area contributed by atoms with Crippen molar-refractivity contribution in [1.29, 1.82) is 0 Å². The van der Waals surface area contributed by atoms with Gasteiger partial charge >= 0.3 is 0 Å². The third-order valence-corrected chi connectivity index (χ3v) is 2.35. The maximum Gasteiger partial charge on any atom is 0.147 e. The summed E-state index contributed by atoms with van der Waals surface area (Å²) in [7, 11) is 0. The Hall–Kier alpha value is -0.670. The molecule has 0 N–H and O–H groups in total. The molecular weight excluding hydrogens is 166 g/mol. The summed E-state index contributed by atoms with van der Waals surface area (Å²) < 4.78 is 5.23. The molecule has 0 saturated carbocycles. The summed E-state index contributed by atoms with van der Waals surface area (Å²) in [6.45, 7) is 8.50. The largest absolute Gasteiger partial charge is 0.379 e. The highest BCUT2D eigenvalue weighted by atomic mass is 16.5. The van der Waals surface area contributed by atoms with Gasteiger partial charge in [-0.15, -0.1) is 6.58 Å². The van der Waals surface area contributed by atoms with Gasteiger partial charge in [0.15, 0.2) is 0 Å². The fourth-order valence-electron chi connectivity index (χ4n) is 1.62. The first-order chi connectivity index (χ1) is 6.25. The Morgan fingerprint density at radius 1 is 1.62 bits per heavy atom. The van der Waals surface area contributed by atoms with Crippen LogP contribution < -0.4 is 0 Å². The second-order valence-corrected chi connectivity index (χ2v) is 3.30. The summed E-state index contributed by atoms with van der Waals surface area (Å²) >= 11 is 0. The number of ether oxygens (including phenoxy) is 1. The molecule has 0 aromatic carbocycles. The molecule has 3 nitrogen and oxygen atoms in total. The van der Waals surface area contributed by atoms with Crippen molar-refractivity contribution < 1.29 is 9.53 Å². The SMILES string of the molecule is C=CC[C@@H](C(C)=O)N1CCOCC1. The van der Waals surface area contributed by atoms with Crippen molar-refractivity contribution in [3.8, 4) is 0 Å². The lowest BCUT2D eigenvalue weighted by Crippen LogP contribution is -2.46. The van der Waals surface area contributed by atoms with Crippen molar-refractivity contribution in [1.82, 2.24) is 4.90 Å². The zero-order chi connectivity index (χ0) is 9.68. The molecule has 1 aliphatic heterocycles. The number of ketones is 1. The Kier molecular flexibility index (Phi) is 4.12. The molecule has 0 bridgehead atoms. The minimum Gasteiger partial charge on any atom is -0.379 e. The second-order valence-electron chi connectivity index (χ2n) is 3.30. The van der Waals surface area contributed by atoms with Gasteiger partial charge in [-0.05, 0) is 13.3 Å². The van der Waals surface area contributed by atoms with E-state index in [0.717, 1.165) is 32.7 Å². The van der Waals surface area contributed by atoms with Crippen LogP contribution in [0.4, 0.5) is 0 Å². The molecule has 1 atom stereocenters. The lowest BCUT2D eigenvalue weighted by Gasteiger charge is -2.32. The fraction of sp³-hybridized carbons (Fsp3) is 0.700. The monoisotopic (exact) mass is 183 g/mol. The molecule has 0 unspecified atom stereocenters. The number of hydrogen-bond donors (Lipinski definition) is 0. The van der Waals surface area contributed by atoms with Gasteiger partial charge in [-0.2, -0.15) is 0 Å². The highest BCUT2D eigenvalue weighted by molar-refractivity contribution is 5.81. The smallest absolute Gasteiger partial charge is 0.147 e. The Labute approximate surface area is 79.4 Å². The summed E-state index contributed by atoms with van der Waals surface area (Å²) in [5.41, 5.74) is 0. The van der Waals surface area contributed by atoms with E-state index in [2.05, 4.69) is 11.5 Å². The highest BCUT2D eigenvalue weighted by Crippen LogP contribution is 2.08. The fourth-order valence-corrected chi connectivity index (χ4v) is 1.62. The topological polar surface area (TPSA) is 29.5 Å². The predicted molar refractivity (Wildman–Crippen MR) is 51.7 cm³/mol. The molecule has 0 radical (unpaired) electrons. The maximum atomic E-state index is 11.3. The normalized spacial score (nSPS) is 21.0. The van der Waals surface area contributed by atoms with Gasteiger partial charge in [-0.25, -0.2) is 0 Å². The van der Waals surface area contributed by atoms with Gasteiger partial charge in [0, 0.05) is 13.1 Å². The van der Waals surface area contributed by atoms with Crippen molar-refractivity contribution in [3.63, 3.8) is 0 Å². The average Bonchev–Trinajstić information content (AvgIpc) is 2.15. The minimum atomic E-state index is 0.0152. The number of nitrogens with zero attached hydrogens (tertiary/aromatic N) is 1. The molecule has 0 aliphatic carbocycles. The Morgan fingerprint density at radius 3 is 2.69 bits per heavy atom. The Bertz CT molecular complexity index is 185. The van der Waals surface area contributed by atoms with E-state index in [4.69, 9.17) is 4.74 Å². The molecule has 0 amide bonds. The lowest BCUT2D eigenvalue weighted by atomic mass is 10.1. The predicted octanol–water partition coefficient (Wildman–Crippen LogP) is 0.852. The van der Waals surface area contributed by atoms with Crippen LogP contribution in [0.2, 0.25) is 0 Å². The van der Waals surface area contributed by atoms with Crippen LogP contribution >= 0.6 is 0 Å². The van der Waals surface area contributed by atoms with E-state index in [0.29, 0.717) is 0 Å². The number of morpholine rings is 1. The molecular formula is C10H17NO2. The van der Waals surface area contributed by atoms with Crippen LogP contribution in [-0.2, 0) is 9.53 Å². The van der Waals surface area contributed by atoms with Gasteiger partial charge in [0.05, 0.1) is 19.3 Å². The van der Waals surface area contributed by atoms with E-state index in [1.165, 1.54) is 0 Å². The van der Waals surface area contributed by atoms with E-state index in [-0.39, 0.29) is 11.8 Å². The van der Waals surface area contributed by atoms with Crippen molar-refractivity contribution in [2.75, 3.05) is 26.3 Å². The molecule has 1 heterocycles. The zero-order valence-corrected chi connectivity index (χ0v) is 8.16. The molecule has 74 valence electrons. The Morgan fingerprint density at radius 2 is 2.23 bits per heavy atom. The first kappa shape index (κ1) is 10.4. The van der Waals surface area contributed by atoms with Crippen LogP contribution in [0.3, 0.4) is 0 Å². The zero-order valence-electron chi connectivity index (χ0n) is 8.16. The number of Topliss-reactive ketones (excluding diaryl/α,β-unsaturated/α-hetero) is 1. The standard InChI is InChI=1S/C10H17NO2/c1-3-4-10(9(2)12)11-5-7-13-8-6-11/h3,10H,1,4-8H2,2H3/t10-/m0/s1. The first-order valence-electron chi connectivity index (χ1n) is 4.69. The molecule has 13 heavy (non-hydrogen) atoms. The van der Waals surface area contributed by atoms with Crippen molar-refractivity contribution in [2.24, 2.45) is 0 Å². The van der Waals surface area contributed by atoms with E-state index in [9.17, 15) is 4.79 Å². The average molecular weight is 183 g/mol. The van der Waals surface area contributed by atoms with Crippen LogP contribution in [0.15, 0.2) is 12.7 Å². The van der Waals surface area contributed by atoms with Crippen LogP contribution in [-0.4, -0.2) is 43.0 Å². The summed E-state index contributed by atoms with van der Waals surface area (Å²) in [6.07, 6.45) is 2.55. The molecule has 0 aromatic heterocycles. The molecule has 1 saturated heterocycles. The van der Waals surface area contributed by atoms with Crippen molar-refractivity contribution in [2.45, 2.75) is 19.4 Å². The van der Waals surface area contributed by atoms with E-state index in [1.54, 1.807) is 6.92 Å². The Balaban J connectivity index is 2.51. The number of hydrogen-bond acceptors (Lipinski definition) is 3. The van der Waals surface area contributed by atoms with Gasteiger partial charge in [0.25, 0.3) is 0 Å². The maximum absolute atomic E-state index is 11.3. The quantitative estimate of drug-likeness (QED) is 0.605. The summed E-state index contributed by atoms with van der Waals surface area (Å²) in [5.74, 6) is 0.224. The molecule has 0 aromatic rings. The lowest BCUT2D eigenvalue weighted by molar-refractivity contribution is -0.123. The van der Waals surface area contributed by atoms with Crippen LogP contribution in [0, 0.1) is 0 Å². The minimum absolute atomic E-state index is 0.0152. The van der Waals surface area contributed by atoms with Crippen molar-refractivity contribution in [3.05, 3.63) is 12.7 Å². The van der Waals surface area contributed by atoms with Crippen LogP contribution in [0.25, 0.3) is 0 Å². The van der Waals surface area contributed by atoms with E-state index >= 15 is 0 Å². The van der Waals surface area contributed by atoms with Gasteiger partial charge in [0.2, 0.25) is 0 Å². The van der Waals surface area contributed by atoms with Gasteiger partial charge in [0.1, 0.15) is 5.78 Å². The molecule has 3 heteroatoms. The van der Waals surface area contributed by atoms with Crippen LogP contribution in [0.1, 0.15) is 13.3 Å². The van der Waals surface area contributed by atoms with Gasteiger partial charge in [-0.3, -0.25) is 9.69 Å². The highest BCUT2D eigenvalue weighted by Gasteiger charge is 2.22. The third kappa shape index (κ3) is 2.94. The number of carbonyl (C=O) groups is 1. The van der Waals surface area contributed by atoms with Crippen LogP contribution in [0.5, 0.6) is 0 Å². The summed E-state index contributed by atoms with van der Waals surface area (Å²) in [4.78, 5) is 13.5. The number of rotatable bonds is 4. The first-order valence-corrected chi connectivity index (χ1v) is 4.69. The molecule has 1 fully saturated rings. The van der Waals surface area contributed by atoms with E-state index < -0.39 is 0 Å². The summed E-state index contributed by atoms with van der Waals surface area (Å²) in [6, 6.07) is 0.0152. The van der Waals surface area contributed by atoms with Gasteiger partial charge in [-0.1, -0.05) is 6.08 Å².